The first-order valence-electron chi connectivity index (χ1n) is 7.35. The maximum Gasteiger partial charge on any atom is 0.310 e. The van der Waals surface area contributed by atoms with E-state index in [0.717, 1.165) is 6.42 Å². The van der Waals surface area contributed by atoms with Gasteiger partial charge in [0, 0.05) is 23.0 Å². The molecule has 120 valence electrons. The van der Waals surface area contributed by atoms with Gasteiger partial charge in [0.15, 0.2) is 6.61 Å². The molecule has 0 radical (unpaired) electrons. The molecule has 0 spiro atoms. The molecule has 23 heavy (non-hydrogen) atoms. The second-order valence-electron chi connectivity index (χ2n) is 5.36. The van der Waals surface area contributed by atoms with Crippen LogP contribution in [-0.4, -0.2) is 29.9 Å². The Morgan fingerprint density at radius 3 is 2.91 bits per heavy atom. The largest absolute Gasteiger partial charge is 0.455 e. The third-order valence-corrected chi connectivity index (χ3v) is 5.20. The topological polar surface area (TPSA) is 46.6 Å². The third-order valence-electron chi connectivity index (χ3n) is 3.81. The number of hydrogen-bond donors (Lipinski definition) is 0. The number of amides is 1. The van der Waals surface area contributed by atoms with Crippen LogP contribution >= 0.6 is 22.9 Å². The van der Waals surface area contributed by atoms with E-state index in [9.17, 15) is 9.59 Å². The molecule has 1 aromatic heterocycles. The van der Waals surface area contributed by atoms with Crippen LogP contribution in [0.1, 0.15) is 16.0 Å². The molecule has 0 saturated heterocycles. The highest BCUT2D eigenvalue weighted by Crippen LogP contribution is 2.24. The molecule has 0 bridgehead atoms. The van der Waals surface area contributed by atoms with Gasteiger partial charge in [0.25, 0.3) is 5.91 Å². The van der Waals surface area contributed by atoms with Crippen molar-refractivity contribution in [2.45, 2.75) is 19.4 Å². The first kappa shape index (κ1) is 16.0. The van der Waals surface area contributed by atoms with Crippen molar-refractivity contribution in [3.8, 4) is 0 Å². The minimum Gasteiger partial charge on any atom is -0.455 e. The summed E-state index contributed by atoms with van der Waals surface area (Å²) >= 11 is 7.73. The summed E-state index contributed by atoms with van der Waals surface area (Å²) in [5, 5.41) is 2.57. The van der Waals surface area contributed by atoms with Gasteiger partial charge in [-0.25, -0.2) is 0 Å². The number of thiophene rings is 1. The Bertz CT molecular complexity index is 728. The normalized spacial score (nSPS) is 13.5. The maximum absolute atomic E-state index is 12.2. The monoisotopic (exact) mass is 349 g/mol. The SMILES string of the molecule is O=C(Cc1ccccc1Cl)OCC(=O)N1CCc2sccc2C1. The average Bonchev–Trinajstić information content (AvgIpc) is 3.02. The van der Waals surface area contributed by atoms with Crippen molar-refractivity contribution in [3.05, 3.63) is 56.7 Å². The number of fused-ring (bicyclic) bond motifs is 1. The van der Waals surface area contributed by atoms with Crippen molar-refractivity contribution >= 4 is 34.8 Å². The Kier molecular flexibility index (Phi) is 4.98. The number of ether oxygens (including phenoxy) is 1. The highest BCUT2D eigenvalue weighted by molar-refractivity contribution is 7.10. The molecule has 3 rings (SSSR count). The van der Waals surface area contributed by atoms with Crippen LogP contribution in [0.3, 0.4) is 0 Å². The van der Waals surface area contributed by atoms with E-state index in [2.05, 4.69) is 0 Å². The zero-order chi connectivity index (χ0) is 16.2. The van der Waals surface area contributed by atoms with Crippen molar-refractivity contribution in [3.63, 3.8) is 0 Å². The van der Waals surface area contributed by atoms with E-state index in [1.165, 1.54) is 10.4 Å². The van der Waals surface area contributed by atoms with E-state index in [4.69, 9.17) is 16.3 Å². The van der Waals surface area contributed by atoms with E-state index in [0.29, 0.717) is 23.7 Å². The number of rotatable bonds is 4. The van der Waals surface area contributed by atoms with Crippen LogP contribution in [-0.2, 0) is 33.7 Å². The van der Waals surface area contributed by atoms with Gasteiger partial charge in [-0.1, -0.05) is 29.8 Å². The van der Waals surface area contributed by atoms with Crippen molar-refractivity contribution in [2.24, 2.45) is 0 Å². The highest BCUT2D eigenvalue weighted by atomic mass is 35.5. The molecule has 0 fully saturated rings. The molecule has 1 aliphatic heterocycles. The molecule has 4 nitrogen and oxygen atoms in total. The third kappa shape index (κ3) is 3.92. The molecule has 0 saturated carbocycles. The van der Waals surface area contributed by atoms with E-state index in [1.807, 2.05) is 17.5 Å². The predicted octanol–water partition coefficient (Wildman–Crippen LogP) is 3.07. The first-order valence-corrected chi connectivity index (χ1v) is 8.61. The fourth-order valence-corrected chi connectivity index (χ4v) is 3.64. The number of esters is 1. The fourth-order valence-electron chi connectivity index (χ4n) is 2.54. The summed E-state index contributed by atoms with van der Waals surface area (Å²) in [6.45, 7) is 1.05. The summed E-state index contributed by atoms with van der Waals surface area (Å²) in [6.07, 6.45) is 0.938. The number of carbonyl (C=O) groups excluding carboxylic acids is 2. The maximum atomic E-state index is 12.2. The number of benzene rings is 1. The molecule has 1 amide bonds. The van der Waals surface area contributed by atoms with Crippen molar-refractivity contribution in [1.29, 1.82) is 0 Å². The molecular formula is C17H16ClNO3S. The Morgan fingerprint density at radius 1 is 1.26 bits per heavy atom. The summed E-state index contributed by atoms with van der Waals surface area (Å²) in [5.74, 6) is -0.603. The van der Waals surface area contributed by atoms with Crippen LogP contribution < -0.4 is 0 Å². The van der Waals surface area contributed by atoms with Gasteiger partial charge >= 0.3 is 5.97 Å². The van der Waals surface area contributed by atoms with Crippen LogP contribution in [0.15, 0.2) is 35.7 Å². The number of hydrogen-bond acceptors (Lipinski definition) is 4. The minimum atomic E-state index is -0.445. The number of carbonyl (C=O) groups is 2. The van der Waals surface area contributed by atoms with Crippen LogP contribution in [0.5, 0.6) is 0 Å². The zero-order valence-electron chi connectivity index (χ0n) is 12.5. The molecule has 6 heteroatoms. The Morgan fingerprint density at radius 2 is 2.09 bits per heavy atom. The molecule has 0 unspecified atom stereocenters. The number of nitrogens with zero attached hydrogens (tertiary/aromatic N) is 1. The van der Waals surface area contributed by atoms with Gasteiger partial charge in [-0.2, -0.15) is 0 Å². The Labute approximate surface area is 143 Å². The van der Waals surface area contributed by atoms with E-state index < -0.39 is 5.97 Å². The summed E-state index contributed by atoms with van der Waals surface area (Å²) in [7, 11) is 0. The molecule has 2 heterocycles. The van der Waals surface area contributed by atoms with Gasteiger partial charge in [-0.15, -0.1) is 11.3 Å². The Hall–Kier alpha value is -1.85. The lowest BCUT2D eigenvalue weighted by molar-refractivity contribution is -0.151. The van der Waals surface area contributed by atoms with Crippen LogP contribution in [0.2, 0.25) is 5.02 Å². The van der Waals surface area contributed by atoms with Gasteiger partial charge in [0.1, 0.15) is 0 Å². The fraction of sp³-hybridized carbons (Fsp3) is 0.294. The molecule has 1 aliphatic rings. The quantitative estimate of drug-likeness (QED) is 0.797. The zero-order valence-corrected chi connectivity index (χ0v) is 14.0. The van der Waals surface area contributed by atoms with Crippen molar-refractivity contribution in [2.75, 3.05) is 13.2 Å². The van der Waals surface area contributed by atoms with E-state index in [-0.39, 0.29) is 18.9 Å². The van der Waals surface area contributed by atoms with Crippen LogP contribution in [0.25, 0.3) is 0 Å². The Balaban J connectivity index is 1.49. The predicted molar refractivity (Wildman–Crippen MR) is 89.6 cm³/mol. The van der Waals surface area contributed by atoms with Gasteiger partial charge in [0.2, 0.25) is 0 Å². The van der Waals surface area contributed by atoms with E-state index in [1.54, 1.807) is 34.4 Å². The lowest BCUT2D eigenvalue weighted by Gasteiger charge is -2.26. The lowest BCUT2D eigenvalue weighted by Crippen LogP contribution is -2.38. The summed E-state index contributed by atoms with van der Waals surface area (Å²) in [6, 6.07) is 9.15. The van der Waals surface area contributed by atoms with Crippen LogP contribution in [0.4, 0.5) is 0 Å². The molecule has 0 N–H and O–H groups in total. The molecule has 2 aromatic rings. The lowest BCUT2D eigenvalue weighted by atomic mass is 10.1. The van der Waals surface area contributed by atoms with Gasteiger partial charge in [-0.05, 0) is 35.1 Å². The summed E-state index contributed by atoms with van der Waals surface area (Å²) in [4.78, 5) is 27.1. The van der Waals surface area contributed by atoms with Crippen LogP contribution in [0, 0.1) is 0 Å². The number of halogens is 1. The van der Waals surface area contributed by atoms with Gasteiger partial charge in [0.05, 0.1) is 6.42 Å². The van der Waals surface area contributed by atoms with Crippen molar-refractivity contribution in [1.82, 2.24) is 4.90 Å². The smallest absolute Gasteiger partial charge is 0.310 e. The minimum absolute atomic E-state index is 0.0711. The standard InChI is InChI=1S/C17H16ClNO3S/c18-14-4-2-1-3-12(14)9-17(21)22-11-16(20)19-7-5-15-13(10-19)6-8-23-15/h1-4,6,8H,5,7,9-11H2. The molecule has 0 atom stereocenters. The first-order chi connectivity index (χ1) is 11.1. The summed E-state index contributed by atoms with van der Waals surface area (Å²) < 4.78 is 5.10. The summed E-state index contributed by atoms with van der Waals surface area (Å²) in [5.41, 5.74) is 1.89. The van der Waals surface area contributed by atoms with E-state index >= 15 is 0 Å². The van der Waals surface area contributed by atoms with Gasteiger partial charge in [-0.3, -0.25) is 9.59 Å². The molecular weight excluding hydrogens is 334 g/mol. The average molecular weight is 350 g/mol. The second-order valence-corrected chi connectivity index (χ2v) is 6.77. The molecule has 0 aliphatic carbocycles. The highest BCUT2D eigenvalue weighted by Gasteiger charge is 2.22. The second kappa shape index (κ2) is 7.15. The molecule has 1 aromatic carbocycles. The van der Waals surface area contributed by atoms with Crippen molar-refractivity contribution < 1.29 is 14.3 Å². The van der Waals surface area contributed by atoms with Gasteiger partial charge < -0.3 is 9.64 Å².